The number of likely N-dealkylation sites (tertiary alicyclic amines) is 1. The third kappa shape index (κ3) is 3.80. The number of H-pyrrole nitrogens is 1. The first-order valence-corrected chi connectivity index (χ1v) is 9.90. The molecule has 28 heavy (non-hydrogen) atoms. The Kier molecular flexibility index (Phi) is 5.43. The van der Waals surface area contributed by atoms with Gasteiger partial charge < -0.3 is 20.2 Å². The lowest BCUT2D eigenvalue weighted by Crippen LogP contribution is -2.50. The summed E-state index contributed by atoms with van der Waals surface area (Å²) in [6.45, 7) is 3.12. The summed E-state index contributed by atoms with van der Waals surface area (Å²) in [5.41, 5.74) is 1.68. The van der Waals surface area contributed by atoms with Crippen LogP contribution in [0.4, 0.5) is 5.69 Å². The number of hydrogen-bond donors (Lipinski definition) is 3. The van der Waals surface area contributed by atoms with Gasteiger partial charge in [0.25, 0.3) is 0 Å². The number of piperidine rings is 1. The number of nitrogens with zero attached hydrogens (tertiary/aromatic N) is 4. The number of nitrogens with one attached hydrogen (secondary N) is 2. The summed E-state index contributed by atoms with van der Waals surface area (Å²) in [6, 6.07) is 1.91. The van der Waals surface area contributed by atoms with E-state index in [-0.39, 0.29) is 11.8 Å². The first kappa shape index (κ1) is 18.7. The molecule has 2 aromatic rings. The number of aliphatic hydroxyl groups excluding tert-OH is 1. The Morgan fingerprint density at radius 3 is 3.11 bits per heavy atom. The fourth-order valence-electron chi connectivity index (χ4n) is 4.08. The topological polar surface area (TPSA) is 114 Å². The highest BCUT2D eigenvalue weighted by molar-refractivity contribution is 5.89. The quantitative estimate of drug-likeness (QED) is 0.614. The second-order valence-corrected chi connectivity index (χ2v) is 7.50. The van der Waals surface area contributed by atoms with E-state index in [4.69, 9.17) is 0 Å². The second-order valence-electron chi connectivity index (χ2n) is 7.50. The molecule has 0 aromatic carbocycles. The van der Waals surface area contributed by atoms with E-state index in [1.807, 2.05) is 11.0 Å². The lowest BCUT2D eigenvalue weighted by Gasteiger charge is -2.37. The maximum Gasteiger partial charge on any atom is 0.227 e. The number of hydrogen-bond acceptors (Lipinski definition) is 6. The Balaban J connectivity index is 1.33. The van der Waals surface area contributed by atoms with Crippen LogP contribution in [0, 0.1) is 5.92 Å². The van der Waals surface area contributed by atoms with Crippen molar-refractivity contribution >= 4 is 28.5 Å². The number of aromatic amines is 1. The summed E-state index contributed by atoms with van der Waals surface area (Å²) < 4.78 is 0. The number of aliphatic hydroxyl groups is 1. The largest absolute Gasteiger partial charge is 0.392 e. The molecule has 0 saturated carbocycles. The third-order valence-electron chi connectivity index (χ3n) is 5.66. The average molecular weight is 386 g/mol. The molecule has 4 rings (SSSR count). The van der Waals surface area contributed by atoms with E-state index in [1.165, 1.54) is 0 Å². The van der Waals surface area contributed by atoms with E-state index in [1.54, 1.807) is 12.4 Å². The van der Waals surface area contributed by atoms with Crippen LogP contribution < -0.4 is 10.2 Å². The highest BCUT2D eigenvalue weighted by Crippen LogP contribution is 2.28. The molecule has 2 aliphatic heterocycles. The maximum absolute atomic E-state index is 12.7. The molecule has 0 aliphatic carbocycles. The van der Waals surface area contributed by atoms with E-state index >= 15 is 0 Å². The number of pyridine rings is 1. The zero-order valence-electron chi connectivity index (χ0n) is 15.8. The Morgan fingerprint density at radius 1 is 1.39 bits per heavy atom. The molecule has 2 aliphatic rings. The molecule has 2 amide bonds. The molecule has 9 heteroatoms. The molecular formula is C19H26N6O3. The van der Waals surface area contributed by atoms with Crippen molar-refractivity contribution in [1.82, 2.24) is 25.4 Å². The van der Waals surface area contributed by atoms with Crippen LogP contribution in [0.25, 0.3) is 11.0 Å². The van der Waals surface area contributed by atoms with Gasteiger partial charge in [0.15, 0.2) is 5.65 Å². The molecule has 2 aromatic heterocycles. The van der Waals surface area contributed by atoms with Gasteiger partial charge in [-0.25, -0.2) is 4.98 Å². The number of amides is 2. The fraction of sp³-hybridized carbons (Fsp3) is 0.579. The lowest BCUT2D eigenvalue weighted by molar-refractivity contribution is -0.128. The Labute approximate surface area is 163 Å². The van der Waals surface area contributed by atoms with Crippen LogP contribution >= 0.6 is 0 Å². The molecular weight excluding hydrogens is 360 g/mol. The number of aromatic nitrogens is 3. The number of carbonyl (C=O) groups excluding carboxylic acids is 2. The van der Waals surface area contributed by atoms with Crippen LogP contribution in [0.1, 0.15) is 25.7 Å². The van der Waals surface area contributed by atoms with Crippen LogP contribution in [0.15, 0.2) is 18.5 Å². The summed E-state index contributed by atoms with van der Waals surface area (Å²) in [4.78, 5) is 32.5. The van der Waals surface area contributed by atoms with Crippen LogP contribution in [-0.2, 0) is 9.59 Å². The first-order chi connectivity index (χ1) is 13.6. The van der Waals surface area contributed by atoms with Gasteiger partial charge in [-0.2, -0.15) is 5.10 Å². The van der Waals surface area contributed by atoms with E-state index in [2.05, 4.69) is 25.4 Å². The van der Waals surface area contributed by atoms with E-state index in [9.17, 15) is 14.7 Å². The number of carbonyl (C=O) groups is 2. The Morgan fingerprint density at radius 2 is 2.29 bits per heavy atom. The Bertz CT molecular complexity index is 853. The Hall–Kier alpha value is -2.68. The zero-order valence-corrected chi connectivity index (χ0v) is 15.8. The molecule has 150 valence electrons. The fourth-order valence-corrected chi connectivity index (χ4v) is 4.08. The summed E-state index contributed by atoms with van der Waals surface area (Å²) in [7, 11) is 0. The molecule has 0 radical (unpaired) electrons. The van der Waals surface area contributed by atoms with Crippen molar-refractivity contribution in [3.05, 3.63) is 18.5 Å². The number of rotatable bonds is 6. The lowest BCUT2D eigenvalue weighted by atomic mass is 9.93. The zero-order chi connectivity index (χ0) is 19.5. The van der Waals surface area contributed by atoms with Crippen LogP contribution in [0.2, 0.25) is 0 Å². The predicted molar refractivity (Wildman–Crippen MR) is 104 cm³/mol. The van der Waals surface area contributed by atoms with E-state index in [0.29, 0.717) is 44.7 Å². The monoisotopic (exact) mass is 386 g/mol. The van der Waals surface area contributed by atoms with Crippen LogP contribution in [0.3, 0.4) is 0 Å². The second kappa shape index (κ2) is 8.14. The van der Waals surface area contributed by atoms with Crippen molar-refractivity contribution in [3.63, 3.8) is 0 Å². The summed E-state index contributed by atoms with van der Waals surface area (Å²) in [5, 5.41) is 21.1. The van der Waals surface area contributed by atoms with Crippen molar-refractivity contribution < 1.29 is 14.7 Å². The van der Waals surface area contributed by atoms with Gasteiger partial charge in [-0.3, -0.25) is 14.7 Å². The van der Waals surface area contributed by atoms with Gasteiger partial charge >= 0.3 is 0 Å². The standard InChI is InChI=1S/C19H26N6O3/c26-16-5-10-25(15-4-7-20-18-13(15)11-22-23-18)12-14(16)19(28)21-6-2-9-24-8-1-3-17(24)27/h4,7,11,14,16,26H,1-3,5-6,8-10,12H2,(H,21,28)(H,20,22,23)/t14-,16+/m0/s1. The molecule has 0 unspecified atom stereocenters. The van der Waals surface area contributed by atoms with Gasteiger partial charge in [0, 0.05) is 45.3 Å². The van der Waals surface area contributed by atoms with E-state index in [0.717, 1.165) is 30.5 Å². The molecule has 9 nitrogen and oxygen atoms in total. The average Bonchev–Trinajstić information content (AvgIpc) is 3.34. The van der Waals surface area contributed by atoms with Gasteiger partial charge in [0.05, 0.1) is 29.3 Å². The minimum Gasteiger partial charge on any atom is -0.392 e. The molecule has 0 spiro atoms. The highest BCUT2D eigenvalue weighted by atomic mass is 16.3. The summed E-state index contributed by atoms with van der Waals surface area (Å²) in [6.07, 6.45) is 5.61. The van der Waals surface area contributed by atoms with Gasteiger partial charge in [0.1, 0.15) is 0 Å². The summed E-state index contributed by atoms with van der Waals surface area (Å²) >= 11 is 0. The normalized spacial score (nSPS) is 22.8. The van der Waals surface area contributed by atoms with Gasteiger partial charge in [-0.05, 0) is 25.3 Å². The van der Waals surface area contributed by atoms with E-state index < -0.39 is 12.0 Å². The van der Waals surface area contributed by atoms with Gasteiger partial charge in [-0.15, -0.1) is 0 Å². The van der Waals surface area contributed by atoms with Gasteiger partial charge in [0.2, 0.25) is 11.8 Å². The third-order valence-corrected chi connectivity index (χ3v) is 5.66. The van der Waals surface area contributed by atoms with Crippen molar-refractivity contribution in [2.75, 3.05) is 37.6 Å². The molecule has 2 saturated heterocycles. The first-order valence-electron chi connectivity index (χ1n) is 9.90. The molecule has 3 N–H and O–H groups in total. The minimum absolute atomic E-state index is 0.137. The molecule has 0 bridgehead atoms. The molecule has 2 fully saturated rings. The van der Waals surface area contributed by atoms with Crippen molar-refractivity contribution in [3.8, 4) is 0 Å². The SMILES string of the molecule is O=C(NCCCN1CCCC1=O)[C@H]1CN(c2ccnc3[nH]ncc23)CC[C@H]1O. The number of fused-ring (bicyclic) bond motifs is 1. The predicted octanol–water partition coefficient (Wildman–Crippen LogP) is 0.274. The van der Waals surface area contributed by atoms with Gasteiger partial charge in [-0.1, -0.05) is 0 Å². The number of anilines is 1. The molecule has 4 heterocycles. The molecule has 2 atom stereocenters. The highest BCUT2D eigenvalue weighted by Gasteiger charge is 2.33. The van der Waals surface area contributed by atoms with Crippen LogP contribution in [0.5, 0.6) is 0 Å². The maximum atomic E-state index is 12.7. The minimum atomic E-state index is -0.655. The van der Waals surface area contributed by atoms with Crippen LogP contribution in [-0.4, -0.2) is 75.8 Å². The van der Waals surface area contributed by atoms with Crippen molar-refractivity contribution in [2.45, 2.75) is 31.8 Å². The summed E-state index contributed by atoms with van der Waals surface area (Å²) in [5.74, 6) is -0.424. The smallest absolute Gasteiger partial charge is 0.227 e. The van der Waals surface area contributed by atoms with Crippen molar-refractivity contribution in [1.29, 1.82) is 0 Å². The van der Waals surface area contributed by atoms with Crippen molar-refractivity contribution in [2.24, 2.45) is 5.92 Å².